The number of amides is 1. The predicted molar refractivity (Wildman–Crippen MR) is 132 cm³/mol. The molecule has 0 saturated heterocycles. The maximum atomic E-state index is 13.6. The highest BCUT2D eigenvalue weighted by Gasteiger charge is 2.24. The molecule has 1 amide bonds. The summed E-state index contributed by atoms with van der Waals surface area (Å²) in [5.74, 6) is 0.365. The van der Waals surface area contributed by atoms with Crippen molar-refractivity contribution in [3.05, 3.63) is 84.3 Å². The molecule has 9 nitrogen and oxygen atoms in total. The largest absolute Gasteiger partial charge is 0.491 e. The van der Waals surface area contributed by atoms with Crippen LogP contribution in [-0.4, -0.2) is 40.2 Å². The van der Waals surface area contributed by atoms with E-state index in [9.17, 15) is 13.2 Å². The summed E-state index contributed by atoms with van der Waals surface area (Å²) in [6.45, 7) is 7.88. The Morgan fingerprint density at radius 3 is 2.63 bits per heavy atom. The maximum Gasteiger partial charge on any atom is 0.404 e. The van der Waals surface area contributed by atoms with Crippen LogP contribution in [0.15, 0.2) is 72.3 Å². The Bertz CT molecular complexity index is 1540. The van der Waals surface area contributed by atoms with E-state index in [0.717, 1.165) is 3.97 Å². The van der Waals surface area contributed by atoms with Crippen molar-refractivity contribution in [1.82, 2.24) is 19.3 Å². The Morgan fingerprint density at radius 1 is 1.14 bits per heavy atom. The summed E-state index contributed by atoms with van der Waals surface area (Å²) in [6.07, 6.45) is 0.321. The van der Waals surface area contributed by atoms with Crippen LogP contribution in [-0.2, 0) is 21.3 Å². The van der Waals surface area contributed by atoms with E-state index in [-0.39, 0.29) is 28.7 Å². The first kappa shape index (κ1) is 24.0. The van der Waals surface area contributed by atoms with Gasteiger partial charge in [0.15, 0.2) is 17.2 Å². The topological polar surface area (TPSA) is 123 Å². The van der Waals surface area contributed by atoms with Crippen LogP contribution in [0.1, 0.15) is 23.9 Å². The number of benzene rings is 2. The number of ether oxygens (including phenoxy) is 1. The number of aryl methyl sites for hydroxylation is 1. The summed E-state index contributed by atoms with van der Waals surface area (Å²) in [5.41, 5.74) is 2.65. The van der Waals surface area contributed by atoms with Gasteiger partial charge in [0.2, 0.25) is 0 Å². The number of hydrogen-bond donors (Lipinski definition) is 2. The molecule has 0 atom stereocenters. The van der Waals surface area contributed by atoms with Crippen LogP contribution in [0.25, 0.3) is 28.0 Å². The van der Waals surface area contributed by atoms with E-state index in [1.807, 2.05) is 6.07 Å². The van der Waals surface area contributed by atoms with Crippen molar-refractivity contribution >= 4 is 32.9 Å². The zero-order valence-corrected chi connectivity index (χ0v) is 20.0. The monoisotopic (exact) mass is 492 g/mol. The maximum absolute atomic E-state index is 13.6. The van der Waals surface area contributed by atoms with Crippen LogP contribution in [0.5, 0.6) is 0 Å². The van der Waals surface area contributed by atoms with E-state index < -0.39 is 16.1 Å². The van der Waals surface area contributed by atoms with Gasteiger partial charge in [0.1, 0.15) is 0 Å². The molecule has 0 radical (unpaired) electrons. The second kappa shape index (κ2) is 9.59. The van der Waals surface area contributed by atoms with Gasteiger partial charge in [0.05, 0.1) is 17.2 Å². The second-order valence-electron chi connectivity index (χ2n) is 7.73. The molecule has 180 valence electrons. The molecular formula is C25H24N4O5S. The molecule has 10 heteroatoms. The van der Waals surface area contributed by atoms with Gasteiger partial charge in [-0.2, -0.15) is 0 Å². The summed E-state index contributed by atoms with van der Waals surface area (Å²) in [6, 6.07) is 15.5. The van der Waals surface area contributed by atoms with Crippen LogP contribution in [0.3, 0.4) is 0 Å². The molecule has 4 aromatic rings. The van der Waals surface area contributed by atoms with Gasteiger partial charge in [-0.25, -0.2) is 27.2 Å². The molecule has 4 rings (SSSR count). The number of rotatable bonds is 8. The third-order valence-electron chi connectivity index (χ3n) is 5.35. The van der Waals surface area contributed by atoms with Crippen LogP contribution in [0.2, 0.25) is 0 Å². The van der Waals surface area contributed by atoms with Crippen molar-refractivity contribution in [1.29, 1.82) is 0 Å². The summed E-state index contributed by atoms with van der Waals surface area (Å²) in [4.78, 5) is 20.2. The van der Waals surface area contributed by atoms with Crippen LogP contribution < -0.4 is 5.32 Å². The number of fused-ring (bicyclic) bond motifs is 1. The Labute approximate surface area is 202 Å². The summed E-state index contributed by atoms with van der Waals surface area (Å²) >= 11 is 0. The second-order valence-corrected chi connectivity index (χ2v) is 9.51. The highest BCUT2D eigenvalue weighted by Crippen LogP contribution is 2.31. The predicted octanol–water partition coefficient (Wildman–Crippen LogP) is 4.42. The molecule has 2 heterocycles. The Morgan fingerprint density at radius 2 is 1.91 bits per heavy atom. The highest BCUT2D eigenvalue weighted by molar-refractivity contribution is 7.90. The summed E-state index contributed by atoms with van der Waals surface area (Å²) < 4.78 is 33.8. The Kier molecular flexibility index (Phi) is 6.57. The Balaban J connectivity index is 1.93. The van der Waals surface area contributed by atoms with Crippen LogP contribution in [0, 0.1) is 6.92 Å². The Hall–Kier alpha value is -4.18. The molecule has 0 aliphatic carbocycles. The van der Waals surface area contributed by atoms with Gasteiger partial charge in [0, 0.05) is 23.7 Å². The van der Waals surface area contributed by atoms with Crippen molar-refractivity contribution in [2.24, 2.45) is 0 Å². The molecule has 0 bridgehead atoms. The molecule has 2 aromatic carbocycles. The average molecular weight is 493 g/mol. The van der Waals surface area contributed by atoms with Crippen molar-refractivity contribution in [2.75, 3.05) is 6.61 Å². The lowest BCUT2D eigenvalue weighted by Gasteiger charge is -2.13. The normalized spacial score (nSPS) is 11.4. The van der Waals surface area contributed by atoms with Gasteiger partial charge in [-0.3, -0.25) is 0 Å². The van der Waals surface area contributed by atoms with E-state index in [1.165, 1.54) is 6.20 Å². The zero-order valence-electron chi connectivity index (χ0n) is 19.2. The lowest BCUT2D eigenvalue weighted by atomic mass is 10.1. The van der Waals surface area contributed by atoms with E-state index >= 15 is 0 Å². The minimum atomic E-state index is -3.95. The summed E-state index contributed by atoms with van der Waals surface area (Å²) in [5, 5.41) is 11.8. The van der Waals surface area contributed by atoms with Gasteiger partial charge in [-0.05, 0) is 43.2 Å². The van der Waals surface area contributed by atoms with Gasteiger partial charge in [-0.1, -0.05) is 43.0 Å². The molecule has 0 aliphatic rings. The van der Waals surface area contributed by atoms with E-state index in [1.54, 1.807) is 62.4 Å². The fourth-order valence-corrected chi connectivity index (χ4v) is 5.25. The van der Waals surface area contributed by atoms with Crippen molar-refractivity contribution in [3.63, 3.8) is 0 Å². The van der Waals surface area contributed by atoms with Gasteiger partial charge < -0.3 is 15.2 Å². The molecule has 0 fully saturated rings. The molecule has 35 heavy (non-hydrogen) atoms. The van der Waals surface area contributed by atoms with Crippen LogP contribution >= 0.6 is 0 Å². The first-order valence-electron chi connectivity index (χ1n) is 10.8. The molecule has 0 aliphatic heterocycles. The zero-order chi connectivity index (χ0) is 25.2. The first-order valence-corrected chi connectivity index (χ1v) is 12.2. The first-order chi connectivity index (χ1) is 16.7. The molecule has 2 aromatic heterocycles. The smallest absolute Gasteiger partial charge is 0.404 e. The lowest BCUT2D eigenvalue weighted by Crippen LogP contribution is -2.19. The fourth-order valence-electron chi connectivity index (χ4n) is 3.73. The van der Waals surface area contributed by atoms with Crippen LogP contribution in [0.4, 0.5) is 4.79 Å². The number of nitrogens with one attached hydrogen (secondary N) is 1. The molecule has 2 N–H and O–H groups in total. The minimum Gasteiger partial charge on any atom is -0.491 e. The SMILES string of the molecule is C=C(OCC)c1nc(-c2cccc(CNC(=O)O)c2)c2ccn(S(=O)(=O)c3ccccc3C)c2n1. The molecule has 0 spiro atoms. The van der Waals surface area contributed by atoms with Crippen molar-refractivity contribution in [2.45, 2.75) is 25.3 Å². The molecular weight excluding hydrogens is 468 g/mol. The third kappa shape index (κ3) is 4.73. The number of nitrogens with zero attached hydrogens (tertiary/aromatic N) is 3. The standard InChI is InChI=1S/C25H24N4O5S/c1-4-34-17(3)23-27-22(19-10-7-9-18(14-19)15-26-25(30)31)20-12-13-29(24(20)28-23)35(32,33)21-11-6-5-8-16(21)2/h5-14,26H,3-4,15H2,1-2H3,(H,30,31). The summed E-state index contributed by atoms with van der Waals surface area (Å²) in [7, 11) is -3.95. The number of aromatic nitrogens is 3. The lowest BCUT2D eigenvalue weighted by molar-refractivity contribution is 0.194. The van der Waals surface area contributed by atoms with Gasteiger partial charge in [-0.15, -0.1) is 0 Å². The van der Waals surface area contributed by atoms with Crippen molar-refractivity contribution < 1.29 is 23.1 Å². The quantitative estimate of drug-likeness (QED) is 0.349. The molecule has 0 unspecified atom stereocenters. The number of carbonyl (C=O) groups is 1. The third-order valence-corrected chi connectivity index (χ3v) is 7.18. The number of carboxylic acid groups (broad SMARTS) is 1. The van der Waals surface area contributed by atoms with Gasteiger partial charge in [0.25, 0.3) is 10.0 Å². The van der Waals surface area contributed by atoms with E-state index in [2.05, 4.69) is 21.9 Å². The molecule has 0 saturated carbocycles. The number of hydrogen-bond acceptors (Lipinski definition) is 6. The highest BCUT2D eigenvalue weighted by atomic mass is 32.2. The van der Waals surface area contributed by atoms with Crippen molar-refractivity contribution in [3.8, 4) is 11.3 Å². The minimum absolute atomic E-state index is 0.110. The fraction of sp³-hybridized carbons (Fsp3) is 0.160. The average Bonchev–Trinajstić information content (AvgIpc) is 3.27. The van der Waals surface area contributed by atoms with E-state index in [4.69, 9.17) is 9.84 Å². The van der Waals surface area contributed by atoms with E-state index in [0.29, 0.717) is 34.4 Å². The van der Waals surface area contributed by atoms with Gasteiger partial charge >= 0.3 is 6.09 Å².